The standard InChI is InChI=1S/C14H12BrNO3/c1-9-6-11(14(17)18)7-13(16-9)19-8-10-2-4-12(15)5-3-10/h2-7H,8H2,1H3,(H,17,18). The van der Waals surface area contributed by atoms with Crippen molar-refractivity contribution in [2.75, 3.05) is 0 Å². The smallest absolute Gasteiger partial charge is 0.335 e. The summed E-state index contributed by atoms with van der Waals surface area (Å²) >= 11 is 3.36. The monoisotopic (exact) mass is 321 g/mol. The quantitative estimate of drug-likeness (QED) is 0.937. The van der Waals surface area contributed by atoms with Gasteiger partial charge in [0, 0.05) is 16.2 Å². The minimum Gasteiger partial charge on any atom is -0.478 e. The summed E-state index contributed by atoms with van der Waals surface area (Å²) in [5.41, 5.74) is 1.78. The lowest BCUT2D eigenvalue weighted by Crippen LogP contribution is -2.02. The van der Waals surface area contributed by atoms with Crippen LogP contribution in [0.3, 0.4) is 0 Å². The molecular weight excluding hydrogens is 310 g/mol. The normalized spacial score (nSPS) is 10.2. The van der Waals surface area contributed by atoms with Gasteiger partial charge in [-0.25, -0.2) is 9.78 Å². The lowest BCUT2D eigenvalue weighted by Gasteiger charge is -2.07. The fraction of sp³-hybridized carbons (Fsp3) is 0.143. The predicted octanol–water partition coefficient (Wildman–Crippen LogP) is 3.43. The van der Waals surface area contributed by atoms with E-state index >= 15 is 0 Å². The van der Waals surface area contributed by atoms with Crippen molar-refractivity contribution in [1.29, 1.82) is 0 Å². The van der Waals surface area contributed by atoms with Crippen LogP contribution in [0.5, 0.6) is 5.88 Å². The number of carboxylic acids is 1. The molecule has 0 aliphatic rings. The Bertz CT molecular complexity index is 596. The van der Waals surface area contributed by atoms with Gasteiger partial charge < -0.3 is 9.84 Å². The van der Waals surface area contributed by atoms with Crippen molar-refractivity contribution in [3.05, 3.63) is 57.7 Å². The van der Waals surface area contributed by atoms with Crippen LogP contribution in [0.2, 0.25) is 0 Å². The van der Waals surface area contributed by atoms with E-state index in [1.54, 1.807) is 6.92 Å². The van der Waals surface area contributed by atoms with E-state index in [-0.39, 0.29) is 5.56 Å². The molecule has 0 saturated carbocycles. The number of halogens is 1. The molecule has 4 nitrogen and oxygen atoms in total. The second kappa shape index (κ2) is 5.84. The Kier molecular flexibility index (Phi) is 4.16. The first-order chi connectivity index (χ1) is 9.04. The van der Waals surface area contributed by atoms with Crippen molar-refractivity contribution in [2.45, 2.75) is 13.5 Å². The Morgan fingerprint density at radius 3 is 2.63 bits per heavy atom. The molecule has 1 N–H and O–H groups in total. The van der Waals surface area contributed by atoms with Gasteiger partial charge in [0.2, 0.25) is 5.88 Å². The lowest BCUT2D eigenvalue weighted by molar-refractivity contribution is 0.0696. The van der Waals surface area contributed by atoms with Crippen LogP contribution in [-0.2, 0) is 6.61 Å². The average molecular weight is 322 g/mol. The molecule has 2 rings (SSSR count). The first-order valence-corrected chi connectivity index (χ1v) is 6.43. The molecule has 0 amide bonds. The topological polar surface area (TPSA) is 59.4 Å². The average Bonchev–Trinajstić information content (AvgIpc) is 2.37. The number of nitrogens with zero attached hydrogens (tertiary/aromatic N) is 1. The maximum absolute atomic E-state index is 10.9. The molecular formula is C14H12BrNO3. The summed E-state index contributed by atoms with van der Waals surface area (Å²) in [6, 6.07) is 10.6. The van der Waals surface area contributed by atoms with Gasteiger partial charge in [-0.2, -0.15) is 0 Å². The first kappa shape index (κ1) is 13.5. The molecule has 0 saturated heterocycles. The number of aromatic carboxylic acids is 1. The number of carboxylic acid groups (broad SMARTS) is 1. The van der Waals surface area contributed by atoms with Gasteiger partial charge in [0.25, 0.3) is 0 Å². The molecule has 1 heterocycles. The summed E-state index contributed by atoms with van der Waals surface area (Å²) < 4.78 is 6.51. The molecule has 0 aliphatic carbocycles. The van der Waals surface area contributed by atoms with Crippen LogP contribution in [0.4, 0.5) is 0 Å². The molecule has 5 heteroatoms. The molecule has 1 aromatic carbocycles. The van der Waals surface area contributed by atoms with Crippen LogP contribution in [0.25, 0.3) is 0 Å². The molecule has 98 valence electrons. The van der Waals surface area contributed by atoms with E-state index in [4.69, 9.17) is 9.84 Å². The number of pyridine rings is 1. The zero-order valence-corrected chi connectivity index (χ0v) is 11.8. The summed E-state index contributed by atoms with van der Waals surface area (Å²) in [6.07, 6.45) is 0. The van der Waals surface area contributed by atoms with Crippen LogP contribution < -0.4 is 4.74 Å². The number of ether oxygens (including phenoxy) is 1. The predicted molar refractivity (Wildman–Crippen MR) is 74.4 cm³/mol. The second-order valence-corrected chi connectivity index (χ2v) is 4.97. The third-order valence-corrected chi connectivity index (χ3v) is 3.01. The van der Waals surface area contributed by atoms with Crippen molar-refractivity contribution < 1.29 is 14.6 Å². The third kappa shape index (κ3) is 3.79. The third-order valence-electron chi connectivity index (χ3n) is 2.48. The minimum absolute atomic E-state index is 0.179. The zero-order valence-electron chi connectivity index (χ0n) is 10.3. The van der Waals surface area contributed by atoms with Crippen LogP contribution in [0, 0.1) is 6.92 Å². The number of hydrogen-bond acceptors (Lipinski definition) is 3. The van der Waals surface area contributed by atoms with E-state index in [1.807, 2.05) is 24.3 Å². The molecule has 0 radical (unpaired) electrons. The largest absolute Gasteiger partial charge is 0.478 e. The Labute approximate surface area is 119 Å². The summed E-state index contributed by atoms with van der Waals surface area (Å²) in [7, 11) is 0. The van der Waals surface area contributed by atoms with Gasteiger partial charge in [0.15, 0.2) is 0 Å². The number of benzene rings is 1. The number of hydrogen-bond donors (Lipinski definition) is 1. The van der Waals surface area contributed by atoms with Crippen LogP contribution in [-0.4, -0.2) is 16.1 Å². The Morgan fingerprint density at radius 2 is 2.00 bits per heavy atom. The molecule has 2 aromatic rings. The summed E-state index contributed by atoms with van der Waals surface area (Å²) in [4.78, 5) is 15.1. The van der Waals surface area contributed by atoms with Gasteiger partial charge in [-0.15, -0.1) is 0 Å². The highest BCUT2D eigenvalue weighted by Gasteiger charge is 2.07. The molecule has 0 unspecified atom stereocenters. The summed E-state index contributed by atoms with van der Waals surface area (Å²) in [6.45, 7) is 2.09. The molecule has 0 bridgehead atoms. The SMILES string of the molecule is Cc1cc(C(=O)O)cc(OCc2ccc(Br)cc2)n1. The van der Waals surface area contributed by atoms with Crippen molar-refractivity contribution in [3.8, 4) is 5.88 Å². The number of aryl methyl sites for hydroxylation is 1. The highest BCUT2D eigenvalue weighted by molar-refractivity contribution is 9.10. The lowest BCUT2D eigenvalue weighted by atomic mass is 10.2. The van der Waals surface area contributed by atoms with E-state index in [1.165, 1.54) is 12.1 Å². The number of carbonyl (C=O) groups is 1. The molecule has 0 spiro atoms. The summed E-state index contributed by atoms with van der Waals surface area (Å²) in [5.74, 6) is -0.667. The van der Waals surface area contributed by atoms with Gasteiger partial charge in [0.1, 0.15) is 6.61 Å². The van der Waals surface area contributed by atoms with E-state index in [9.17, 15) is 4.79 Å². The Hall–Kier alpha value is -1.88. The van der Waals surface area contributed by atoms with Gasteiger partial charge >= 0.3 is 5.97 Å². The van der Waals surface area contributed by atoms with Crippen LogP contribution in [0.1, 0.15) is 21.6 Å². The van der Waals surface area contributed by atoms with E-state index in [2.05, 4.69) is 20.9 Å². The van der Waals surface area contributed by atoms with Gasteiger partial charge in [-0.05, 0) is 30.7 Å². The van der Waals surface area contributed by atoms with Crippen molar-refractivity contribution >= 4 is 21.9 Å². The number of rotatable bonds is 4. The van der Waals surface area contributed by atoms with Crippen LogP contribution in [0.15, 0.2) is 40.9 Å². The van der Waals surface area contributed by atoms with Crippen molar-refractivity contribution in [3.63, 3.8) is 0 Å². The maximum atomic E-state index is 10.9. The minimum atomic E-state index is -0.987. The Balaban J connectivity index is 2.11. The zero-order chi connectivity index (χ0) is 13.8. The van der Waals surface area contributed by atoms with E-state index in [0.717, 1.165) is 10.0 Å². The first-order valence-electron chi connectivity index (χ1n) is 5.64. The molecule has 19 heavy (non-hydrogen) atoms. The molecule has 0 atom stereocenters. The van der Waals surface area contributed by atoms with Crippen LogP contribution >= 0.6 is 15.9 Å². The highest BCUT2D eigenvalue weighted by atomic mass is 79.9. The van der Waals surface area contributed by atoms with E-state index < -0.39 is 5.97 Å². The second-order valence-electron chi connectivity index (χ2n) is 4.06. The Morgan fingerprint density at radius 1 is 1.32 bits per heavy atom. The molecule has 0 aliphatic heterocycles. The molecule has 0 fully saturated rings. The fourth-order valence-electron chi connectivity index (χ4n) is 1.57. The van der Waals surface area contributed by atoms with E-state index in [0.29, 0.717) is 18.2 Å². The fourth-order valence-corrected chi connectivity index (χ4v) is 1.84. The van der Waals surface area contributed by atoms with Crippen molar-refractivity contribution in [2.24, 2.45) is 0 Å². The van der Waals surface area contributed by atoms with Crippen molar-refractivity contribution in [1.82, 2.24) is 4.98 Å². The van der Waals surface area contributed by atoms with Gasteiger partial charge in [-0.3, -0.25) is 0 Å². The number of aromatic nitrogens is 1. The van der Waals surface area contributed by atoms with Gasteiger partial charge in [-0.1, -0.05) is 28.1 Å². The highest BCUT2D eigenvalue weighted by Crippen LogP contribution is 2.15. The van der Waals surface area contributed by atoms with Gasteiger partial charge in [0.05, 0.1) is 5.56 Å². The maximum Gasteiger partial charge on any atom is 0.335 e. The molecule has 1 aromatic heterocycles. The summed E-state index contributed by atoms with van der Waals surface area (Å²) in [5, 5.41) is 8.96.